The number of ether oxygens (including phenoxy) is 3. The van der Waals surface area contributed by atoms with Crippen molar-refractivity contribution in [3.05, 3.63) is 11.4 Å². The fraction of sp³-hybridized carbons (Fsp3) is 0.692. The molecule has 0 bridgehead atoms. The minimum absolute atomic E-state index is 0.197. The van der Waals surface area contributed by atoms with Crippen LogP contribution in [0.1, 0.15) is 31.2 Å². The second-order valence-electron chi connectivity index (χ2n) is 4.61. The van der Waals surface area contributed by atoms with E-state index in [1.54, 1.807) is 7.11 Å². The van der Waals surface area contributed by atoms with E-state index in [4.69, 9.17) is 20.1 Å². The number of rotatable bonds is 9. The molecule has 0 fully saturated rings. The second kappa shape index (κ2) is 8.68. The van der Waals surface area contributed by atoms with Gasteiger partial charge in [-0.25, -0.2) is 10.8 Å². The number of nitrogens with two attached hydrogens (primary N) is 1. The molecule has 0 amide bonds. The highest BCUT2D eigenvalue weighted by Gasteiger charge is 2.13. The van der Waals surface area contributed by atoms with Crippen LogP contribution in [-0.2, 0) is 9.47 Å². The highest BCUT2D eigenvalue weighted by Crippen LogP contribution is 2.24. The summed E-state index contributed by atoms with van der Waals surface area (Å²) in [5.74, 6) is 7.47. The van der Waals surface area contributed by atoms with E-state index in [1.165, 1.54) is 0 Å². The van der Waals surface area contributed by atoms with Crippen molar-refractivity contribution in [1.29, 1.82) is 0 Å². The van der Waals surface area contributed by atoms with Crippen LogP contribution in [0.3, 0.4) is 0 Å². The second-order valence-corrected chi connectivity index (χ2v) is 4.61. The van der Waals surface area contributed by atoms with Gasteiger partial charge >= 0.3 is 0 Å². The summed E-state index contributed by atoms with van der Waals surface area (Å²) < 4.78 is 15.9. The van der Waals surface area contributed by atoms with Crippen LogP contribution in [0.5, 0.6) is 5.88 Å². The van der Waals surface area contributed by atoms with E-state index in [0.717, 1.165) is 5.56 Å². The maximum absolute atomic E-state index is 5.64. The predicted molar refractivity (Wildman–Crippen MR) is 76.9 cm³/mol. The molecule has 1 rings (SSSR count). The Morgan fingerprint density at radius 3 is 2.45 bits per heavy atom. The van der Waals surface area contributed by atoms with E-state index in [1.807, 2.05) is 20.8 Å². The summed E-state index contributed by atoms with van der Waals surface area (Å²) in [6.45, 7) is 7.92. The lowest BCUT2D eigenvalue weighted by Crippen LogP contribution is -2.16. The Morgan fingerprint density at radius 1 is 1.15 bits per heavy atom. The summed E-state index contributed by atoms with van der Waals surface area (Å²) in [4.78, 5) is 8.75. The van der Waals surface area contributed by atoms with Crippen molar-refractivity contribution in [1.82, 2.24) is 9.97 Å². The fourth-order valence-corrected chi connectivity index (χ4v) is 1.49. The lowest BCUT2D eigenvalue weighted by molar-refractivity contribution is 0.0535. The van der Waals surface area contributed by atoms with Gasteiger partial charge in [0, 0.05) is 13.0 Å². The molecule has 1 aromatic heterocycles. The lowest BCUT2D eigenvalue weighted by Gasteiger charge is -2.14. The van der Waals surface area contributed by atoms with Gasteiger partial charge in [0.1, 0.15) is 18.2 Å². The highest BCUT2D eigenvalue weighted by molar-refractivity contribution is 5.47. The molecule has 0 unspecified atom stereocenters. The summed E-state index contributed by atoms with van der Waals surface area (Å²) in [5.41, 5.74) is 3.36. The van der Waals surface area contributed by atoms with Gasteiger partial charge in [0.05, 0.1) is 25.4 Å². The molecule has 0 aromatic carbocycles. The molecule has 1 heterocycles. The monoisotopic (exact) mass is 284 g/mol. The Balaban J connectivity index is 2.61. The molecule has 0 aliphatic heterocycles. The average Bonchev–Trinajstić information content (AvgIpc) is 2.44. The van der Waals surface area contributed by atoms with Crippen LogP contribution in [0, 0.1) is 6.92 Å². The van der Waals surface area contributed by atoms with Crippen LogP contribution in [0.2, 0.25) is 0 Å². The lowest BCUT2D eigenvalue weighted by atomic mass is 10.2. The van der Waals surface area contributed by atoms with E-state index in [9.17, 15) is 0 Å². The van der Waals surface area contributed by atoms with Crippen molar-refractivity contribution in [3.8, 4) is 5.88 Å². The molecular weight excluding hydrogens is 260 g/mol. The molecule has 0 aliphatic carbocycles. The molecular formula is C13H24N4O3. The summed E-state index contributed by atoms with van der Waals surface area (Å²) in [5, 5.41) is 0. The number of aromatic nitrogens is 2. The summed E-state index contributed by atoms with van der Waals surface area (Å²) in [7, 11) is 1.64. The standard InChI is InChI=1S/C13H24N4O3/c1-9(2)11-15-12(17-14)10(3)13(16-11)20-8-7-19-6-5-18-4/h9H,5-8,14H2,1-4H3,(H,15,16,17). The zero-order valence-electron chi connectivity index (χ0n) is 12.6. The fourth-order valence-electron chi connectivity index (χ4n) is 1.49. The third-order valence-corrected chi connectivity index (χ3v) is 2.67. The first-order chi connectivity index (χ1) is 9.60. The SMILES string of the molecule is COCCOCCOc1nc(C(C)C)nc(NN)c1C. The molecule has 7 heteroatoms. The van der Waals surface area contributed by atoms with Gasteiger partial charge in [0.15, 0.2) is 0 Å². The molecule has 0 atom stereocenters. The van der Waals surface area contributed by atoms with Crippen LogP contribution in [0.4, 0.5) is 5.82 Å². The van der Waals surface area contributed by atoms with Gasteiger partial charge in [-0.15, -0.1) is 0 Å². The summed E-state index contributed by atoms with van der Waals surface area (Å²) in [6.07, 6.45) is 0. The molecule has 0 saturated carbocycles. The zero-order chi connectivity index (χ0) is 15.0. The molecule has 114 valence electrons. The molecule has 7 nitrogen and oxygen atoms in total. The highest BCUT2D eigenvalue weighted by atomic mass is 16.5. The number of hydrogen-bond donors (Lipinski definition) is 2. The number of hydrogen-bond acceptors (Lipinski definition) is 7. The van der Waals surface area contributed by atoms with Crippen LogP contribution in [0.25, 0.3) is 0 Å². The molecule has 0 spiro atoms. The number of anilines is 1. The minimum Gasteiger partial charge on any atom is -0.475 e. The smallest absolute Gasteiger partial charge is 0.221 e. The van der Waals surface area contributed by atoms with E-state index < -0.39 is 0 Å². The van der Waals surface area contributed by atoms with Crippen LogP contribution >= 0.6 is 0 Å². The van der Waals surface area contributed by atoms with Crippen molar-refractivity contribution < 1.29 is 14.2 Å². The van der Waals surface area contributed by atoms with Crippen LogP contribution in [-0.4, -0.2) is 43.5 Å². The third kappa shape index (κ3) is 4.92. The average molecular weight is 284 g/mol. The Hall–Kier alpha value is -1.44. The van der Waals surface area contributed by atoms with Crippen molar-refractivity contribution in [3.63, 3.8) is 0 Å². The Labute approximate surface area is 119 Å². The van der Waals surface area contributed by atoms with Gasteiger partial charge in [-0.3, -0.25) is 0 Å². The van der Waals surface area contributed by atoms with Gasteiger partial charge in [0.25, 0.3) is 0 Å². The van der Waals surface area contributed by atoms with Gasteiger partial charge in [-0.05, 0) is 6.92 Å². The molecule has 0 aliphatic rings. The van der Waals surface area contributed by atoms with E-state index >= 15 is 0 Å². The topological polar surface area (TPSA) is 91.5 Å². The quantitative estimate of drug-likeness (QED) is 0.400. The Bertz CT molecular complexity index is 413. The van der Waals surface area contributed by atoms with Crippen molar-refractivity contribution in [2.45, 2.75) is 26.7 Å². The summed E-state index contributed by atoms with van der Waals surface area (Å²) in [6, 6.07) is 0. The van der Waals surface area contributed by atoms with Crippen LogP contribution < -0.4 is 16.0 Å². The molecule has 20 heavy (non-hydrogen) atoms. The first-order valence-corrected chi connectivity index (χ1v) is 6.64. The van der Waals surface area contributed by atoms with Crippen molar-refractivity contribution in [2.24, 2.45) is 5.84 Å². The van der Waals surface area contributed by atoms with Crippen molar-refractivity contribution in [2.75, 3.05) is 39.0 Å². The van der Waals surface area contributed by atoms with Gasteiger partial charge in [-0.2, -0.15) is 4.98 Å². The van der Waals surface area contributed by atoms with Crippen molar-refractivity contribution >= 4 is 5.82 Å². The number of nitrogen functional groups attached to an aromatic ring is 1. The van der Waals surface area contributed by atoms with E-state index in [2.05, 4.69) is 15.4 Å². The predicted octanol–water partition coefficient (Wildman–Crippen LogP) is 1.24. The van der Waals surface area contributed by atoms with Crippen LogP contribution in [0.15, 0.2) is 0 Å². The maximum atomic E-state index is 5.64. The van der Waals surface area contributed by atoms with E-state index in [-0.39, 0.29) is 5.92 Å². The zero-order valence-corrected chi connectivity index (χ0v) is 12.6. The first-order valence-electron chi connectivity index (χ1n) is 6.64. The number of methoxy groups -OCH3 is 1. The number of nitrogens with one attached hydrogen (secondary N) is 1. The first kappa shape index (κ1) is 16.6. The normalized spacial score (nSPS) is 10.9. The van der Waals surface area contributed by atoms with Gasteiger partial charge in [0.2, 0.25) is 5.88 Å². The Kier molecular flexibility index (Phi) is 7.21. The molecule has 1 aromatic rings. The van der Waals surface area contributed by atoms with E-state index in [0.29, 0.717) is 43.9 Å². The maximum Gasteiger partial charge on any atom is 0.221 e. The van der Waals surface area contributed by atoms with Gasteiger partial charge in [-0.1, -0.05) is 13.8 Å². The Morgan fingerprint density at radius 2 is 1.85 bits per heavy atom. The number of hydrazine groups is 1. The molecule has 0 saturated heterocycles. The minimum atomic E-state index is 0.197. The molecule has 3 N–H and O–H groups in total. The molecule has 0 radical (unpaired) electrons. The number of nitrogens with zero attached hydrogens (tertiary/aromatic N) is 2. The largest absolute Gasteiger partial charge is 0.475 e. The third-order valence-electron chi connectivity index (χ3n) is 2.67. The summed E-state index contributed by atoms with van der Waals surface area (Å²) >= 11 is 0. The van der Waals surface area contributed by atoms with Gasteiger partial charge < -0.3 is 19.6 Å².